The summed E-state index contributed by atoms with van der Waals surface area (Å²) in [6.45, 7) is 3.17. The van der Waals surface area contributed by atoms with Crippen molar-refractivity contribution < 1.29 is 9.18 Å². The van der Waals surface area contributed by atoms with E-state index in [2.05, 4.69) is 27.9 Å². The maximum Gasteiger partial charge on any atom is 0.218 e. The molecule has 0 aromatic heterocycles. The molecule has 0 spiro atoms. The number of benzene rings is 2. The van der Waals surface area contributed by atoms with Crippen LogP contribution in [-0.4, -0.2) is 37.0 Å². The molecule has 144 valence electrons. The summed E-state index contributed by atoms with van der Waals surface area (Å²) in [5.74, 6) is -0.191. The molecular weight excluding hydrogens is 343 g/mol. The summed E-state index contributed by atoms with van der Waals surface area (Å²) < 4.78 is 13.2. The van der Waals surface area contributed by atoms with Crippen LogP contribution in [0.3, 0.4) is 0 Å². The second kappa shape index (κ2) is 9.60. The highest BCUT2D eigenvalue weighted by Crippen LogP contribution is 2.26. The summed E-state index contributed by atoms with van der Waals surface area (Å²) in [5, 5.41) is 0. The second-order valence-corrected chi connectivity index (χ2v) is 7.07. The minimum Gasteiger partial charge on any atom is -0.370 e. The number of nitrogens with zero attached hydrogens (tertiary/aromatic N) is 1. The summed E-state index contributed by atoms with van der Waals surface area (Å²) in [7, 11) is 0. The fourth-order valence-corrected chi connectivity index (χ4v) is 3.56. The number of amides is 1. The molecule has 2 aromatic carbocycles. The van der Waals surface area contributed by atoms with Crippen molar-refractivity contribution in [2.24, 2.45) is 11.7 Å². The summed E-state index contributed by atoms with van der Waals surface area (Å²) in [6, 6.07) is 17.1. The monoisotopic (exact) mass is 370 g/mol. The molecule has 1 heterocycles. The van der Waals surface area contributed by atoms with Crippen molar-refractivity contribution in [1.29, 1.82) is 0 Å². The molecule has 1 aliphatic heterocycles. The molecule has 3 rings (SSSR count). The largest absolute Gasteiger partial charge is 0.370 e. The van der Waals surface area contributed by atoms with Crippen molar-refractivity contribution in [1.82, 2.24) is 15.8 Å². The van der Waals surface area contributed by atoms with Crippen LogP contribution in [0.15, 0.2) is 54.6 Å². The number of carbonyl (C=O) groups excluding carboxylic acids is 1. The molecule has 0 aliphatic carbocycles. The summed E-state index contributed by atoms with van der Waals surface area (Å²) >= 11 is 0. The first-order valence-electron chi connectivity index (χ1n) is 9.40. The van der Waals surface area contributed by atoms with Crippen LogP contribution in [-0.2, 0) is 11.2 Å². The van der Waals surface area contributed by atoms with E-state index in [4.69, 9.17) is 5.73 Å². The molecule has 1 fully saturated rings. The van der Waals surface area contributed by atoms with Crippen LogP contribution in [0, 0.1) is 11.7 Å². The van der Waals surface area contributed by atoms with Gasteiger partial charge in [-0.05, 0) is 29.7 Å². The second-order valence-electron chi connectivity index (χ2n) is 7.07. The number of halogens is 1. The quantitative estimate of drug-likeness (QED) is 0.632. The zero-order valence-corrected chi connectivity index (χ0v) is 15.4. The molecule has 0 saturated carbocycles. The molecule has 1 amide bonds. The molecule has 0 radical (unpaired) electrons. The highest BCUT2D eigenvalue weighted by Gasteiger charge is 2.29. The van der Waals surface area contributed by atoms with Crippen molar-refractivity contribution in [3.05, 3.63) is 71.5 Å². The fourth-order valence-electron chi connectivity index (χ4n) is 3.56. The van der Waals surface area contributed by atoms with Crippen molar-refractivity contribution in [2.75, 3.05) is 26.2 Å². The summed E-state index contributed by atoms with van der Waals surface area (Å²) in [6.07, 6.45) is 1.28. The van der Waals surface area contributed by atoms with E-state index in [-0.39, 0.29) is 17.8 Å². The maximum absolute atomic E-state index is 13.2. The average Bonchev–Trinajstić information content (AvgIpc) is 3.13. The van der Waals surface area contributed by atoms with Gasteiger partial charge in [-0.1, -0.05) is 42.5 Å². The van der Waals surface area contributed by atoms with E-state index < -0.39 is 0 Å². The average molecular weight is 370 g/mol. The standard InChI is InChI=1S/C21H27FN4O/c22-19-8-6-17(7-9-19)21-18(14-24-25-21)15-26(13-11-20(23)27)12-10-16-4-2-1-3-5-16/h1-9,18,21,24-25H,10-15H2,(H2,23,27). The molecule has 1 saturated heterocycles. The number of hydrazine groups is 1. The predicted octanol–water partition coefficient (Wildman–Crippen LogP) is 2.01. The molecule has 2 unspecified atom stereocenters. The van der Waals surface area contributed by atoms with Crippen LogP contribution in [0.2, 0.25) is 0 Å². The van der Waals surface area contributed by atoms with Gasteiger partial charge in [0.05, 0.1) is 6.04 Å². The fraction of sp³-hybridized carbons (Fsp3) is 0.381. The Kier molecular flexibility index (Phi) is 6.92. The van der Waals surface area contributed by atoms with E-state index in [0.29, 0.717) is 18.9 Å². The molecule has 5 nitrogen and oxygen atoms in total. The number of rotatable bonds is 9. The smallest absolute Gasteiger partial charge is 0.218 e. The van der Waals surface area contributed by atoms with Crippen molar-refractivity contribution in [3.63, 3.8) is 0 Å². The van der Waals surface area contributed by atoms with Gasteiger partial charge in [-0.2, -0.15) is 0 Å². The van der Waals surface area contributed by atoms with Gasteiger partial charge in [0.1, 0.15) is 5.82 Å². The highest BCUT2D eigenvalue weighted by atomic mass is 19.1. The topological polar surface area (TPSA) is 70.4 Å². The third-order valence-corrected chi connectivity index (χ3v) is 5.05. The lowest BCUT2D eigenvalue weighted by atomic mass is 9.94. The molecule has 4 N–H and O–H groups in total. The first kappa shape index (κ1) is 19.5. The van der Waals surface area contributed by atoms with Crippen LogP contribution in [0.4, 0.5) is 4.39 Å². The first-order chi connectivity index (χ1) is 13.1. The van der Waals surface area contributed by atoms with Gasteiger partial charge in [-0.3, -0.25) is 10.2 Å². The van der Waals surface area contributed by atoms with Crippen LogP contribution in [0.25, 0.3) is 0 Å². The van der Waals surface area contributed by atoms with Crippen LogP contribution in [0.1, 0.15) is 23.6 Å². The Balaban J connectivity index is 1.64. The third kappa shape index (κ3) is 5.85. The lowest BCUT2D eigenvalue weighted by Crippen LogP contribution is -2.36. The van der Waals surface area contributed by atoms with Gasteiger partial charge < -0.3 is 10.6 Å². The lowest BCUT2D eigenvalue weighted by molar-refractivity contribution is -0.118. The van der Waals surface area contributed by atoms with Gasteiger partial charge in [0, 0.05) is 38.5 Å². The Morgan fingerprint density at radius 1 is 1.11 bits per heavy atom. The number of carbonyl (C=O) groups is 1. The molecule has 6 heteroatoms. The molecular formula is C21H27FN4O. The highest BCUT2D eigenvalue weighted by molar-refractivity contribution is 5.73. The maximum atomic E-state index is 13.2. The van der Waals surface area contributed by atoms with E-state index >= 15 is 0 Å². The molecule has 27 heavy (non-hydrogen) atoms. The van der Waals surface area contributed by atoms with Gasteiger partial charge in [-0.15, -0.1) is 0 Å². The van der Waals surface area contributed by atoms with Gasteiger partial charge in [-0.25, -0.2) is 9.82 Å². The molecule has 1 aliphatic rings. The lowest BCUT2D eigenvalue weighted by Gasteiger charge is -2.28. The van der Waals surface area contributed by atoms with E-state index in [1.54, 1.807) is 0 Å². The van der Waals surface area contributed by atoms with Crippen LogP contribution in [0.5, 0.6) is 0 Å². The number of hydrogen-bond donors (Lipinski definition) is 3. The molecule has 2 aromatic rings. The normalized spacial score (nSPS) is 19.5. The first-order valence-corrected chi connectivity index (χ1v) is 9.40. The van der Waals surface area contributed by atoms with Gasteiger partial charge in [0.25, 0.3) is 0 Å². The molecule has 0 bridgehead atoms. The van der Waals surface area contributed by atoms with Crippen LogP contribution < -0.4 is 16.6 Å². The SMILES string of the molecule is NC(=O)CCN(CCc1ccccc1)CC1CNNC1c1ccc(F)cc1. The zero-order chi connectivity index (χ0) is 19.1. The van der Waals surface area contributed by atoms with E-state index in [9.17, 15) is 9.18 Å². The third-order valence-electron chi connectivity index (χ3n) is 5.05. The van der Waals surface area contributed by atoms with Gasteiger partial charge in [0.15, 0.2) is 0 Å². The summed E-state index contributed by atoms with van der Waals surface area (Å²) in [4.78, 5) is 13.6. The molecule has 2 atom stereocenters. The minimum absolute atomic E-state index is 0.110. The van der Waals surface area contributed by atoms with E-state index in [1.807, 2.05) is 30.3 Å². The Hall–Kier alpha value is -2.28. The van der Waals surface area contributed by atoms with E-state index in [0.717, 1.165) is 31.6 Å². The minimum atomic E-state index is -0.280. The predicted molar refractivity (Wildman–Crippen MR) is 104 cm³/mol. The Bertz CT molecular complexity index is 723. The van der Waals surface area contributed by atoms with Crippen molar-refractivity contribution >= 4 is 5.91 Å². The van der Waals surface area contributed by atoms with Crippen molar-refractivity contribution in [3.8, 4) is 0 Å². The Morgan fingerprint density at radius 3 is 2.56 bits per heavy atom. The number of primary amides is 1. The Morgan fingerprint density at radius 2 is 1.85 bits per heavy atom. The Labute approximate surface area is 159 Å². The van der Waals surface area contributed by atoms with Gasteiger partial charge in [0.2, 0.25) is 5.91 Å². The van der Waals surface area contributed by atoms with Crippen molar-refractivity contribution in [2.45, 2.75) is 18.9 Å². The van der Waals surface area contributed by atoms with Gasteiger partial charge >= 0.3 is 0 Å². The summed E-state index contributed by atoms with van der Waals surface area (Å²) in [5.41, 5.74) is 14.2. The van der Waals surface area contributed by atoms with Crippen LogP contribution >= 0.6 is 0 Å². The number of hydrogen-bond acceptors (Lipinski definition) is 4. The number of nitrogens with one attached hydrogen (secondary N) is 2. The number of nitrogens with two attached hydrogens (primary N) is 1. The van der Waals surface area contributed by atoms with E-state index in [1.165, 1.54) is 17.7 Å². The zero-order valence-electron chi connectivity index (χ0n) is 15.4.